The van der Waals surface area contributed by atoms with E-state index in [1.807, 2.05) is 23.1 Å². The van der Waals surface area contributed by atoms with E-state index in [0.29, 0.717) is 23.7 Å². The minimum atomic E-state index is -0.588. The number of piperazine rings is 1. The van der Waals surface area contributed by atoms with Crippen molar-refractivity contribution in [3.05, 3.63) is 70.7 Å². The number of rotatable bonds is 5. The zero-order valence-corrected chi connectivity index (χ0v) is 16.2. The highest BCUT2D eigenvalue weighted by Gasteiger charge is 2.26. The van der Waals surface area contributed by atoms with E-state index in [0.717, 1.165) is 19.6 Å². The first kappa shape index (κ1) is 19.4. The number of benzene rings is 2. The first-order valence-corrected chi connectivity index (χ1v) is 9.53. The molecule has 1 heterocycles. The summed E-state index contributed by atoms with van der Waals surface area (Å²) >= 11 is 6.05. The van der Waals surface area contributed by atoms with Gasteiger partial charge in [-0.15, -0.1) is 0 Å². The number of hydrogen-bond acceptors (Lipinski definition) is 3. The van der Waals surface area contributed by atoms with Crippen LogP contribution in [0.2, 0.25) is 5.02 Å². The molecule has 27 heavy (non-hydrogen) atoms. The van der Waals surface area contributed by atoms with Gasteiger partial charge < -0.3 is 10.2 Å². The summed E-state index contributed by atoms with van der Waals surface area (Å²) in [5.74, 6) is -0.390. The largest absolute Gasteiger partial charge is 0.340 e. The van der Waals surface area contributed by atoms with Crippen molar-refractivity contribution in [2.75, 3.05) is 26.2 Å². The second kappa shape index (κ2) is 9.02. The monoisotopic (exact) mass is 385 g/mol. The van der Waals surface area contributed by atoms with Crippen LogP contribution in [0.1, 0.15) is 22.8 Å². The number of hydrogen-bond donors (Lipinski definition) is 1. The summed E-state index contributed by atoms with van der Waals surface area (Å²) in [5, 5.41) is 3.14. The van der Waals surface area contributed by atoms with Crippen molar-refractivity contribution in [1.29, 1.82) is 0 Å². The molecular formula is C21H24ClN3O2. The smallest absolute Gasteiger partial charge is 0.253 e. The quantitative estimate of drug-likeness (QED) is 0.861. The predicted octanol–water partition coefficient (Wildman–Crippen LogP) is 2.80. The molecule has 3 rings (SSSR count). The lowest BCUT2D eigenvalue weighted by Gasteiger charge is -2.36. The fraction of sp³-hybridized carbons (Fsp3) is 0.333. The fourth-order valence-corrected chi connectivity index (χ4v) is 3.44. The third kappa shape index (κ3) is 5.08. The Morgan fingerprint density at radius 2 is 1.63 bits per heavy atom. The van der Waals surface area contributed by atoms with E-state index < -0.39 is 6.04 Å². The maximum absolute atomic E-state index is 12.7. The van der Waals surface area contributed by atoms with Gasteiger partial charge in [0.15, 0.2) is 0 Å². The second-order valence-electron chi connectivity index (χ2n) is 6.76. The number of nitrogens with one attached hydrogen (secondary N) is 1. The molecule has 1 fully saturated rings. The SMILES string of the molecule is C[C@H](NC(=O)c1ccccc1Cl)C(=O)N1CCN(Cc2ccccc2)CC1. The Morgan fingerprint density at radius 3 is 2.30 bits per heavy atom. The van der Waals surface area contributed by atoms with Gasteiger partial charge in [-0.05, 0) is 24.6 Å². The molecule has 1 atom stereocenters. The Hall–Kier alpha value is -2.37. The summed E-state index contributed by atoms with van der Waals surface area (Å²) in [7, 11) is 0. The van der Waals surface area contributed by atoms with E-state index in [1.165, 1.54) is 5.56 Å². The highest BCUT2D eigenvalue weighted by molar-refractivity contribution is 6.33. The van der Waals surface area contributed by atoms with Crippen LogP contribution in [-0.2, 0) is 11.3 Å². The van der Waals surface area contributed by atoms with Gasteiger partial charge in [-0.25, -0.2) is 0 Å². The number of nitrogens with zero attached hydrogens (tertiary/aromatic N) is 2. The van der Waals surface area contributed by atoms with E-state index in [1.54, 1.807) is 31.2 Å². The summed E-state index contributed by atoms with van der Waals surface area (Å²) in [6.07, 6.45) is 0. The molecule has 1 aliphatic heterocycles. The molecule has 5 nitrogen and oxygen atoms in total. The Bertz CT molecular complexity index is 789. The lowest BCUT2D eigenvalue weighted by atomic mass is 10.1. The van der Waals surface area contributed by atoms with Crippen LogP contribution in [0.4, 0.5) is 0 Å². The predicted molar refractivity (Wildman–Crippen MR) is 107 cm³/mol. The van der Waals surface area contributed by atoms with E-state index in [2.05, 4.69) is 22.3 Å². The van der Waals surface area contributed by atoms with E-state index >= 15 is 0 Å². The molecule has 0 aliphatic carbocycles. The summed E-state index contributed by atoms with van der Waals surface area (Å²) < 4.78 is 0. The average molecular weight is 386 g/mol. The molecule has 0 aromatic heterocycles. The van der Waals surface area contributed by atoms with E-state index in [9.17, 15) is 9.59 Å². The number of carbonyl (C=O) groups is 2. The molecule has 1 aliphatic rings. The Labute approximate surface area is 164 Å². The Morgan fingerprint density at radius 1 is 1.00 bits per heavy atom. The molecule has 0 saturated carbocycles. The van der Waals surface area contributed by atoms with Crippen molar-refractivity contribution < 1.29 is 9.59 Å². The first-order chi connectivity index (χ1) is 13.0. The molecule has 0 unspecified atom stereocenters. The highest BCUT2D eigenvalue weighted by Crippen LogP contribution is 2.15. The van der Waals surface area contributed by atoms with Crippen LogP contribution in [0.25, 0.3) is 0 Å². The van der Waals surface area contributed by atoms with E-state index in [-0.39, 0.29) is 11.8 Å². The highest BCUT2D eigenvalue weighted by atomic mass is 35.5. The molecule has 0 spiro atoms. The molecule has 2 aromatic carbocycles. The minimum absolute atomic E-state index is 0.0604. The number of halogens is 1. The minimum Gasteiger partial charge on any atom is -0.340 e. The summed E-state index contributed by atoms with van der Waals surface area (Å²) in [6, 6.07) is 16.6. The van der Waals surface area contributed by atoms with Crippen LogP contribution in [0.3, 0.4) is 0 Å². The topological polar surface area (TPSA) is 52.7 Å². The molecule has 0 bridgehead atoms. The zero-order valence-electron chi connectivity index (χ0n) is 15.4. The molecule has 2 amide bonds. The van der Waals surface area contributed by atoms with Crippen molar-refractivity contribution in [2.24, 2.45) is 0 Å². The molecule has 1 saturated heterocycles. The Balaban J connectivity index is 1.50. The number of carbonyl (C=O) groups excluding carboxylic acids is 2. The third-order valence-electron chi connectivity index (χ3n) is 4.77. The lowest BCUT2D eigenvalue weighted by molar-refractivity contribution is -0.134. The van der Waals surface area contributed by atoms with Crippen molar-refractivity contribution in [3.63, 3.8) is 0 Å². The maximum atomic E-state index is 12.7. The second-order valence-corrected chi connectivity index (χ2v) is 7.17. The molecule has 6 heteroatoms. The summed E-state index contributed by atoms with van der Waals surface area (Å²) in [5.41, 5.74) is 1.66. The van der Waals surface area contributed by atoms with Crippen LogP contribution in [0.15, 0.2) is 54.6 Å². The summed E-state index contributed by atoms with van der Waals surface area (Å²) in [4.78, 5) is 29.2. The Kier molecular flexibility index (Phi) is 6.48. The van der Waals surface area contributed by atoms with Crippen molar-refractivity contribution in [3.8, 4) is 0 Å². The average Bonchev–Trinajstić information content (AvgIpc) is 2.69. The molecule has 142 valence electrons. The number of amides is 2. The van der Waals surface area contributed by atoms with Gasteiger partial charge in [0, 0.05) is 32.7 Å². The van der Waals surface area contributed by atoms with Crippen LogP contribution in [0, 0.1) is 0 Å². The van der Waals surface area contributed by atoms with Crippen LogP contribution < -0.4 is 5.32 Å². The van der Waals surface area contributed by atoms with E-state index in [4.69, 9.17) is 11.6 Å². The summed E-state index contributed by atoms with van der Waals surface area (Å²) in [6.45, 7) is 5.59. The molecular weight excluding hydrogens is 362 g/mol. The normalized spacial score (nSPS) is 16.0. The van der Waals surface area contributed by atoms with Gasteiger partial charge in [-0.2, -0.15) is 0 Å². The third-order valence-corrected chi connectivity index (χ3v) is 5.10. The molecule has 0 radical (unpaired) electrons. The van der Waals surface area contributed by atoms with Gasteiger partial charge in [0.2, 0.25) is 5.91 Å². The van der Waals surface area contributed by atoms with Crippen molar-refractivity contribution >= 4 is 23.4 Å². The van der Waals surface area contributed by atoms with Gasteiger partial charge in [0.05, 0.1) is 10.6 Å². The maximum Gasteiger partial charge on any atom is 0.253 e. The molecule has 2 aromatic rings. The first-order valence-electron chi connectivity index (χ1n) is 9.15. The van der Waals surface area contributed by atoms with Gasteiger partial charge in [-0.1, -0.05) is 54.1 Å². The van der Waals surface area contributed by atoms with Crippen LogP contribution >= 0.6 is 11.6 Å². The lowest BCUT2D eigenvalue weighted by Crippen LogP contribution is -2.53. The molecule has 1 N–H and O–H groups in total. The van der Waals surface area contributed by atoms with Gasteiger partial charge in [0.25, 0.3) is 5.91 Å². The van der Waals surface area contributed by atoms with Crippen LogP contribution in [-0.4, -0.2) is 53.8 Å². The van der Waals surface area contributed by atoms with Crippen molar-refractivity contribution in [2.45, 2.75) is 19.5 Å². The van der Waals surface area contributed by atoms with Gasteiger partial charge in [0.1, 0.15) is 6.04 Å². The fourth-order valence-electron chi connectivity index (χ4n) is 3.22. The van der Waals surface area contributed by atoms with Gasteiger partial charge in [-0.3, -0.25) is 14.5 Å². The van der Waals surface area contributed by atoms with Crippen molar-refractivity contribution in [1.82, 2.24) is 15.1 Å². The zero-order chi connectivity index (χ0) is 19.2. The van der Waals surface area contributed by atoms with Crippen LogP contribution in [0.5, 0.6) is 0 Å². The van der Waals surface area contributed by atoms with Gasteiger partial charge >= 0.3 is 0 Å². The standard InChI is InChI=1S/C21H24ClN3O2/c1-16(23-20(26)18-9-5-6-10-19(18)22)21(27)25-13-11-24(12-14-25)15-17-7-3-2-4-8-17/h2-10,16H,11-15H2,1H3,(H,23,26)/t16-/m0/s1.